The Bertz CT molecular complexity index is 2050. The first-order chi connectivity index (χ1) is 22.3. The molecule has 2 saturated carbocycles. The Labute approximate surface area is 271 Å². The second kappa shape index (κ2) is 11.2. The predicted molar refractivity (Wildman–Crippen MR) is 161 cm³/mol. The van der Waals surface area contributed by atoms with Gasteiger partial charge in [-0.2, -0.15) is 32.9 Å². The van der Waals surface area contributed by atoms with Crippen LogP contribution in [0.25, 0.3) is 11.8 Å². The van der Waals surface area contributed by atoms with E-state index >= 15 is 0 Å². The first-order valence-corrected chi connectivity index (χ1v) is 17.1. The number of rotatable bonds is 7. The second-order valence-corrected chi connectivity index (χ2v) is 15.1. The van der Waals surface area contributed by atoms with Crippen molar-refractivity contribution >= 4 is 33.2 Å². The minimum atomic E-state index is -4.69. The molecule has 0 spiro atoms. The lowest BCUT2D eigenvalue weighted by Crippen LogP contribution is -2.56. The van der Waals surface area contributed by atoms with Gasteiger partial charge in [0.25, 0.3) is 10.0 Å². The number of aromatic nitrogens is 5. The minimum Gasteiger partial charge on any atom is -0.290 e. The highest BCUT2D eigenvalue weighted by atomic mass is 32.2. The number of thiazole rings is 1. The Morgan fingerprint density at radius 3 is 2.53 bits per heavy atom. The molecule has 2 atom stereocenters. The maximum Gasteiger partial charge on any atom is 0.427 e. The normalized spacial score (nSPS) is 24.2. The lowest BCUT2D eigenvalue weighted by Gasteiger charge is -2.49. The molecule has 3 aliphatic carbocycles. The summed E-state index contributed by atoms with van der Waals surface area (Å²) in [6.07, 6.45) is 2.11. The minimum absolute atomic E-state index is 0.0143. The Kier molecular flexibility index (Phi) is 7.49. The van der Waals surface area contributed by atoms with Crippen LogP contribution in [-0.2, 0) is 29.7 Å². The van der Waals surface area contributed by atoms with E-state index in [2.05, 4.69) is 21.3 Å². The summed E-state index contributed by atoms with van der Waals surface area (Å²) in [5, 5.41) is 17.6. The van der Waals surface area contributed by atoms with Gasteiger partial charge in [-0.05, 0) is 80.5 Å². The number of carbonyl (C=O) groups excluding carboxylic acids is 1. The third kappa shape index (κ3) is 5.30. The zero-order valence-corrected chi connectivity index (χ0v) is 26.5. The number of nitriles is 1. The molecule has 1 aromatic carbocycles. The molecule has 3 aliphatic rings. The topological polar surface area (TPSA) is 127 Å². The molecule has 3 aromatic heterocycles. The van der Waals surface area contributed by atoms with Crippen LogP contribution in [0.5, 0.6) is 0 Å². The summed E-state index contributed by atoms with van der Waals surface area (Å²) in [5.74, 6) is -1.36. The third-order valence-electron chi connectivity index (χ3n) is 9.37. The number of benzene rings is 1. The van der Waals surface area contributed by atoms with Crippen molar-refractivity contribution in [3.63, 3.8) is 0 Å². The molecule has 47 heavy (non-hydrogen) atoms. The molecule has 0 unspecified atom stereocenters. The van der Waals surface area contributed by atoms with Crippen LogP contribution in [0.1, 0.15) is 58.0 Å². The van der Waals surface area contributed by atoms with Gasteiger partial charge in [-0.25, -0.2) is 22.5 Å². The molecule has 7 rings (SSSR count). The molecule has 244 valence electrons. The lowest BCUT2D eigenvalue weighted by molar-refractivity contribution is -0.134. The molecular formula is C31H27F4N7O3S2. The Hall–Kier alpha value is -4.20. The molecule has 0 amide bonds. The van der Waals surface area contributed by atoms with Gasteiger partial charge in [-0.15, -0.1) is 11.3 Å². The van der Waals surface area contributed by atoms with E-state index in [-0.39, 0.29) is 46.6 Å². The number of hydrogen-bond donors (Lipinski definition) is 0. The van der Waals surface area contributed by atoms with E-state index in [1.807, 2.05) is 0 Å². The Morgan fingerprint density at radius 1 is 1.15 bits per heavy atom. The predicted octanol–water partition coefficient (Wildman–Crippen LogP) is 5.57. The van der Waals surface area contributed by atoms with Crippen molar-refractivity contribution in [2.45, 2.75) is 61.8 Å². The molecule has 0 N–H and O–H groups in total. The summed E-state index contributed by atoms with van der Waals surface area (Å²) >= 11 is 0.267. The standard InChI is InChI=1S/C31H27F4N7O3S2/c1-40-9-8-27(39-40)47(44,45)42(24-10-18(11-24)15-36)23-5-2-20-12-25-19(16-38-41(25)22-6-3-21(32)4-7-22)13-30(20,14-23)28(43)29-37-17-26(46-29)31(33,34)35/h3-4,6-9,12,16-18,23-24H,2,5,10-11,13-14H2,1H3/t18-,23-,24+,30-/m0/s1. The molecule has 10 nitrogen and oxygen atoms in total. The van der Waals surface area contributed by atoms with E-state index in [1.165, 1.54) is 33.4 Å². The van der Waals surface area contributed by atoms with E-state index in [0.29, 0.717) is 48.0 Å². The summed E-state index contributed by atoms with van der Waals surface area (Å²) in [7, 11) is -2.59. The Morgan fingerprint density at radius 2 is 1.89 bits per heavy atom. The van der Waals surface area contributed by atoms with Crippen LogP contribution in [0.2, 0.25) is 0 Å². The molecular weight excluding hydrogens is 659 g/mol. The van der Waals surface area contributed by atoms with Gasteiger partial charge < -0.3 is 0 Å². The average Bonchev–Trinajstić information content (AvgIpc) is 3.77. The molecule has 0 bridgehead atoms. The number of sulfonamides is 1. The third-order valence-corrected chi connectivity index (χ3v) is 12.3. The second-order valence-electron chi connectivity index (χ2n) is 12.2. The van der Waals surface area contributed by atoms with Crippen LogP contribution in [0, 0.1) is 28.5 Å². The van der Waals surface area contributed by atoms with Gasteiger partial charge in [-0.1, -0.05) is 5.57 Å². The molecule has 4 aromatic rings. The smallest absolute Gasteiger partial charge is 0.290 e. The van der Waals surface area contributed by atoms with Gasteiger partial charge in [0.2, 0.25) is 5.78 Å². The van der Waals surface area contributed by atoms with Gasteiger partial charge in [0.05, 0.1) is 35.3 Å². The van der Waals surface area contributed by atoms with Gasteiger partial charge in [0.15, 0.2) is 10.0 Å². The number of fused-ring (bicyclic) bond motifs is 2. The van der Waals surface area contributed by atoms with Crippen molar-refractivity contribution in [3.05, 3.63) is 81.5 Å². The molecule has 2 fully saturated rings. The quantitative estimate of drug-likeness (QED) is 0.184. The number of ketones is 1. The largest absolute Gasteiger partial charge is 0.427 e. The number of Topliss-reactive ketones (excluding diaryl/α,β-unsaturated/α-hetero) is 1. The van der Waals surface area contributed by atoms with Crippen molar-refractivity contribution in [1.82, 2.24) is 28.9 Å². The zero-order valence-electron chi connectivity index (χ0n) is 24.9. The van der Waals surface area contributed by atoms with Crippen molar-refractivity contribution in [2.24, 2.45) is 18.4 Å². The zero-order chi connectivity index (χ0) is 33.3. The molecule has 16 heteroatoms. The van der Waals surface area contributed by atoms with Crippen LogP contribution in [0.3, 0.4) is 0 Å². The monoisotopic (exact) mass is 685 g/mol. The van der Waals surface area contributed by atoms with Crippen molar-refractivity contribution < 1.29 is 30.8 Å². The number of hydrogen-bond acceptors (Lipinski definition) is 8. The molecule has 0 aliphatic heterocycles. The molecule has 0 radical (unpaired) electrons. The number of halogens is 4. The van der Waals surface area contributed by atoms with E-state index in [4.69, 9.17) is 0 Å². The maximum absolute atomic E-state index is 14.5. The molecule has 0 saturated heterocycles. The van der Waals surface area contributed by atoms with Gasteiger partial charge in [0.1, 0.15) is 10.7 Å². The highest BCUT2D eigenvalue weighted by molar-refractivity contribution is 7.89. The Balaban J connectivity index is 1.33. The van der Waals surface area contributed by atoms with E-state index in [9.17, 15) is 36.0 Å². The van der Waals surface area contributed by atoms with E-state index < -0.39 is 50.2 Å². The van der Waals surface area contributed by atoms with Crippen LogP contribution < -0.4 is 0 Å². The summed E-state index contributed by atoms with van der Waals surface area (Å²) in [6.45, 7) is 0. The van der Waals surface area contributed by atoms with Gasteiger partial charge >= 0.3 is 6.18 Å². The SMILES string of the molecule is Cn1ccc(S(=O)(=O)N([C@H]2CCC3=Cc4c(cnn4-c4ccc(F)cc4)C[C@]3(C(=O)c3ncc(C(F)(F)F)s3)C2)[C@H]2C[C@@H](C#N)C2)n1. The lowest BCUT2D eigenvalue weighted by atomic mass is 9.60. The van der Waals surface area contributed by atoms with Crippen molar-refractivity contribution in [3.8, 4) is 11.8 Å². The average molecular weight is 686 g/mol. The van der Waals surface area contributed by atoms with Crippen LogP contribution in [-0.4, -0.2) is 55.1 Å². The number of nitrogens with zero attached hydrogens (tertiary/aromatic N) is 7. The van der Waals surface area contributed by atoms with Crippen molar-refractivity contribution in [1.29, 1.82) is 5.26 Å². The number of alkyl halides is 3. The number of aryl methyl sites for hydroxylation is 1. The number of carbonyl (C=O) groups is 1. The van der Waals surface area contributed by atoms with Crippen LogP contribution in [0.15, 0.2) is 59.5 Å². The first kappa shape index (κ1) is 31.4. The molecule has 3 heterocycles. The highest BCUT2D eigenvalue weighted by Gasteiger charge is 2.54. The van der Waals surface area contributed by atoms with E-state index in [1.54, 1.807) is 36.1 Å². The summed E-state index contributed by atoms with van der Waals surface area (Å²) in [6, 6.07) is 8.07. The highest BCUT2D eigenvalue weighted by Crippen LogP contribution is 2.53. The first-order valence-electron chi connectivity index (χ1n) is 14.8. The summed E-state index contributed by atoms with van der Waals surface area (Å²) in [5.41, 5.74) is 1.09. The fourth-order valence-electron chi connectivity index (χ4n) is 7.03. The summed E-state index contributed by atoms with van der Waals surface area (Å²) in [4.78, 5) is 17.4. The maximum atomic E-state index is 14.5. The fraction of sp³-hybridized carbons (Fsp3) is 0.387. The number of allylic oxidation sites excluding steroid dienone is 1. The fourth-order valence-corrected chi connectivity index (χ4v) is 9.68. The van der Waals surface area contributed by atoms with Gasteiger partial charge in [0, 0.05) is 31.2 Å². The van der Waals surface area contributed by atoms with Crippen LogP contribution in [0.4, 0.5) is 17.6 Å². The van der Waals surface area contributed by atoms with Crippen molar-refractivity contribution in [2.75, 3.05) is 0 Å². The van der Waals surface area contributed by atoms with E-state index in [0.717, 1.165) is 0 Å². The summed E-state index contributed by atoms with van der Waals surface area (Å²) < 4.78 is 87.1. The van der Waals surface area contributed by atoms with Crippen LogP contribution >= 0.6 is 11.3 Å². The van der Waals surface area contributed by atoms with Gasteiger partial charge in [-0.3, -0.25) is 9.48 Å².